The summed E-state index contributed by atoms with van der Waals surface area (Å²) >= 11 is 12.1. The highest BCUT2D eigenvalue weighted by molar-refractivity contribution is 6.42. The van der Waals surface area contributed by atoms with E-state index in [0.29, 0.717) is 59.2 Å². The van der Waals surface area contributed by atoms with E-state index in [4.69, 9.17) is 23.2 Å². The molecule has 35 heavy (non-hydrogen) atoms. The minimum absolute atomic E-state index is 0.0917. The molecule has 0 aliphatic carbocycles. The first kappa shape index (κ1) is 24.9. The number of nitrogens with one attached hydrogen (secondary N) is 1. The number of hydrogen-bond acceptors (Lipinski definition) is 4. The van der Waals surface area contributed by atoms with E-state index in [-0.39, 0.29) is 17.7 Å². The second-order valence-corrected chi connectivity index (χ2v) is 9.43. The van der Waals surface area contributed by atoms with Crippen LogP contribution in [0.4, 0.5) is 5.69 Å². The summed E-state index contributed by atoms with van der Waals surface area (Å²) < 4.78 is 1.83. The van der Waals surface area contributed by atoms with Gasteiger partial charge >= 0.3 is 0 Å². The van der Waals surface area contributed by atoms with Crippen LogP contribution >= 0.6 is 23.2 Å². The zero-order chi connectivity index (χ0) is 25.1. The summed E-state index contributed by atoms with van der Waals surface area (Å²) in [6.07, 6.45) is 2.39. The molecule has 7 nitrogen and oxygen atoms in total. The van der Waals surface area contributed by atoms with E-state index < -0.39 is 0 Å². The van der Waals surface area contributed by atoms with Crippen LogP contribution in [-0.4, -0.2) is 38.9 Å². The molecule has 0 atom stereocenters. The number of aromatic nitrogens is 2. The molecule has 182 valence electrons. The second-order valence-electron chi connectivity index (χ2n) is 8.62. The van der Waals surface area contributed by atoms with E-state index in [1.165, 1.54) is 4.90 Å². The molecule has 1 N–H and O–H groups in total. The molecular formula is C26H26Cl2N4O3. The molecular weight excluding hydrogens is 487 g/mol. The van der Waals surface area contributed by atoms with Crippen molar-refractivity contribution in [2.75, 3.05) is 11.9 Å². The molecule has 0 radical (unpaired) electrons. The maximum absolute atomic E-state index is 12.5. The van der Waals surface area contributed by atoms with Gasteiger partial charge in [-0.15, -0.1) is 0 Å². The highest BCUT2D eigenvalue weighted by Crippen LogP contribution is 2.26. The molecule has 0 spiro atoms. The number of halogens is 2. The zero-order valence-electron chi connectivity index (χ0n) is 19.6. The summed E-state index contributed by atoms with van der Waals surface area (Å²) in [5.74, 6) is -0.578. The number of fused-ring (bicyclic) bond motifs is 1. The van der Waals surface area contributed by atoms with Crippen molar-refractivity contribution in [2.24, 2.45) is 0 Å². The number of amides is 3. The van der Waals surface area contributed by atoms with Gasteiger partial charge in [-0.05, 0) is 56.5 Å². The van der Waals surface area contributed by atoms with Gasteiger partial charge in [0.15, 0.2) is 0 Å². The Morgan fingerprint density at radius 2 is 1.63 bits per heavy atom. The largest absolute Gasteiger partial charge is 0.323 e. The third kappa shape index (κ3) is 5.41. The first-order valence-corrected chi connectivity index (χ1v) is 12.2. The summed E-state index contributed by atoms with van der Waals surface area (Å²) in [6, 6.07) is 12.3. The number of nitrogens with zero attached hydrogens (tertiary/aromatic N) is 3. The molecule has 1 aliphatic rings. The van der Waals surface area contributed by atoms with Crippen molar-refractivity contribution < 1.29 is 14.4 Å². The average molecular weight is 513 g/mol. The maximum Gasteiger partial charge on any atom is 0.261 e. The predicted octanol–water partition coefficient (Wildman–Crippen LogP) is 5.65. The summed E-state index contributed by atoms with van der Waals surface area (Å²) in [6.45, 7) is 4.64. The van der Waals surface area contributed by atoms with Gasteiger partial charge in [-0.2, -0.15) is 5.10 Å². The highest BCUT2D eigenvalue weighted by Gasteiger charge is 2.34. The van der Waals surface area contributed by atoms with Crippen molar-refractivity contribution in [1.82, 2.24) is 14.7 Å². The van der Waals surface area contributed by atoms with Gasteiger partial charge in [0.25, 0.3) is 11.8 Å². The summed E-state index contributed by atoms with van der Waals surface area (Å²) in [5, 5.41) is 8.52. The van der Waals surface area contributed by atoms with Crippen LogP contribution in [0.5, 0.6) is 0 Å². The van der Waals surface area contributed by atoms with Gasteiger partial charge in [-0.25, -0.2) is 0 Å². The summed E-state index contributed by atoms with van der Waals surface area (Å²) in [4.78, 5) is 38.7. The van der Waals surface area contributed by atoms with Gasteiger partial charge in [-0.3, -0.25) is 24.0 Å². The molecule has 0 bridgehead atoms. The number of aryl methyl sites for hydroxylation is 1. The van der Waals surface area contributed by atoms with Gasteiger partial charge in [0, 0.05) is 13.0 Å². The average Bonchev–Trinajstić information content (AvgIpc) is 3.23. The lowest BCUT2D eigenvalue weighted by Gasteiger charge is -2.13. The van der Waals surface area contributed by atoms with Crippen molar-refractivity contribution in [2.45, 2.75) is 46.1 Å². The summed E-state index contributed by atoms with van der Waals surface area (Å²) in [5.41, 5.74) is 4.18. The molecule has 0 saturated heterocycles. The number of imide groups is 1. The molecule has 0 unspecified atom stereocenters. The van der Waals surface area contributed by atoms with Crippen molar-refractivity contribution in [1.29, 1.82) is 0 Å². The lowest BCUT2D eigenvalue weighted by molar-refractivity contribution is -0.116. The van der Waals surface area contributed by atoms with Gasteiger partial charge < -0.3 is 5.32 Å². The number of hydrogen-bond donors (Lipinski definition) is 1. The van der Waals surface area contributed by atoms with Crippen LogP contribution in [0.3, 0.4) is 0 Å². The fourth-order valence-corrected chi connectivity index (χ4v) is 4.54. The topological polar surface area (TPSA) is 84.3 Å². The summed E-state index contributed by atoms with van der Waals surface area (Å²) in [7, 11) is 0. The molecule has 4 rings (SSSR count). The Morgan fingerprint density at radius 1 is 0.943 bits per heavy atom. The highest BCUT2D eigenvalue weighted by atomic mass is 35.5. The number of unbranched alkanes of at least 4 members (excludes halogenated alkanes) is 2. The Bertz CT molecular complexity index is 1270. The Morgan fingerprint density at radius 3 is 2.29 bits per heavy atom. The fraction of sp³-hybridized carbons (Fsp3) is 0.308. The SMILES string of the molecule is Cc1nn(Cc2ccc(Cl)c(Cl)c2)c(C)c1NC(=O)CCCCCN1C(=O)c2ccccc2C1=O. The van der Waals surface area contributed by atoms with Crippen molar-refractivity contribution in [3.05, 3.63) is 80.6 Å². The third-order valence-corrected chi connectivity index (χ3v) is 6.87. The fourth-order valence-electron chi connectivity index (χ4n) is 4.22. The number of benzene rings is 2. The van der Waals surface area contributed by atoms with Gasteiger partial charge in [-0.1, -0.05) is 47.8 Å². The normalized spacial score (nSPS) is 12.9. The number of carbonyl (C=O) groups excluding carboxylic acids is 3. The Labute approximate surface area is 214 Å². The van der Waals surface area contributed by atoms with E-state index in [9.17, 15) is 14.4 Å². The van der Waals surface area contributed by atoms with E-state index in [1.54, 1.807) is 36.4 Å². The number of carbonyl (C=O) groups is 3. The van der Waals surface area contributed by atoms with Crippen LogP contribution in [0.1, 0.15) is 63.4 Å². The van der Waals surface area contributed by atoms with Gasteiger partial charge in [0.1, 0.15) is 0 Å². The molecule has 9 heteroatoms. The van der Waals surface area contributed by atoms with Gasteiger partial charge in [0.05, 0.1) is 44.8 Å². The molecule has 1 aliphatic heterocycles. The van der Waals surface area contributed by atoms with Crippen molar-refractivity contribution in [3.8, 4) is 0 Å². The van der Waals surface area contributed by atoms with E-state index in [2.05, 4.69) is 10.4 Å². The monoisotopic (exact) mass is 512 g/mol. The quantitative estimate of drug-likeness (QED) is 0.296. The Balaban J connectivity index is 1.24. The maximum atomic E-state index is 12.5. The van der Waals surface area contributed by atoms with Crippen LogP contribution < -0.4 is 5.32 Å². The standard InChI is InChI=1S/C26H26Cl2N4O3/c1-16-24(17(2)32(30-16)15-18-11-12-21(27)22(28)14-18)29-23(33)10-4-3-7-13-31-25(34)19-8-5-6-9-20(19)26(31)35/h5-6,8-9,11-12,14H,3-4,7,10,13,15H2,1-2H3,(H,29,33). The molecule has 2 heterocycles. The smallest absolute Gasteiger partial charge is 0.261 e. The molecule has 0 fully saturated rings. The molecule has 3 aromatic rings. The first-order chi connectivity index (χ1) is 16.8. The minimum Gasteiger partial charge on any atom is -0.323 e. The lowest BCUT2D eigenvalue weighted by Crippen LogP contribution is -2.30. The first-order valence-electron chi connectivity index (χ1n) is 11.5. The molecule has 3 amide bonds. The molecule has 1 aromatic heterocycles. The van der Waals surface area contributed by atoms with Crippen LogP contribution in [0.2, 0.25) is 10.0 Å². The third-order valence-electron chi connectivity index (χ3n) is 6.13. The molecule has 0 saturated carbocycles. The lowest BCUT2D eigenvalue weighted by atomic mass is 10.1. The Hall–Kier alpha value is -3.16. The van der Waals surface area contributed by atoms with Crippen molar-refractivity contribution in [3.63, 3.8) is 0 Å². The van der Waals surface area contributed by atoms with Crippen LogP contribution in [0.25, 0.3) is 0 Å². The molecule has 2 aromatic carbocycles. The van der Waals surface area contributed by atoms with Crippen LogP contribution in [-0.2, 0) is 11.3 Å². The predicted molar refractivity (Wildman–Crippen MR) is 136 cm³/mol. The van der Waals surface area contributed by atoms with Crippen LogP contribution in [0, 0.1) is 13.8 Å². The van der Waals surface area contributed by atoms with Gasteiger partial charge in [0.2, 0.25) is 5.91 Å². The van der Waals surface area contributed by atoms with Crippen molar-refractivity contribution >= 4 is 46.6 Å². The number of rotatable bonds is 9. The van der Waals surface area contributed by atoms with E-state index >= 15 is 0 Å². The minimum atomic E-state index is -0.243. The van der Waals surface area contributed by atoms with E-state index in [0.717, 1.165) is 23.4 Å². The second kappa shape index (κ2) is 10.6. The zero-order valence-corrected chi connectivity index (χ0v) is 21.1. The Kier molecular flexibility index (Phi) is 7.57. The number of anilines is 1. The van der Waals surface area contributed by atoms with E-state index in [1.807, 2.05) is 24.6 Å². The van der Waals surface area contributed by atoms with Crippen LogP contribution in [0.15, 0.2) is 42.5 Å².